The maximum absolute atomic E-state index is 12.0. The molecule has 156 valence electrons. The number of amides is 1. The van der Waals surface area contributed by atoms with Gasteiger partial charge in [-0.1, -0.05) is 37.5 Å². The fraction of sp³-hybridized carbons (Fsp3) is 0.360. The molecule has 3 heterocycles. The van der Waals surface area contributed by atoms with Gasteiger partial charge in [0.15, 0.2) is 0 Å². The smallest absolute Gasteiger partial charge is 0.407 e. The van der Waals surface area contributed by atoms with E-state index >= 15 is 0 Å². The molecule has 0 aliphatic carbocycles. The van der Waals surface area contributed by atoms with Gasteiger partial charge in [0, 0.05) is 47.7 Å². The lowest BCUT2D eigenvalue weighted by Crippen LogP contribution is -2.39. The van der Waals surface area contributed by atoms with E-state index in [0.29, 0.717) is 13.0 Å². The summed E-state index contributed by atoms with van der Waals surface area (Å²) in [7, 11) is 0. The van der Waals surface area contributed by atoms with Gasteiger partial charge in [0.25, 0.3) is 0 Å². The van der Waals surface area contributed by atoms with Gasteiger partial charge >= 0.3 is 6.09 Å². The maximum Gasteiger partial charge on any atom is 0.407 e. The van der Waals surface area contributed by atoms with Crippen LogP contribution in [0.3, 0.4) is 0 Å². The molecule has 1 aromatic carbocycles. The second kappa shape index (κ2) is 8.34. The first-order chi connectivity index (χ1) is 14.5. The standard InChI is InChI=1S/C25H29N3O2/c1-4-5-6-22-24-20-15-17(2)7-10-21(20)27(23(24)12-14-28(22)25(29)30)13-11-19-9-8-18(3)26-16-19/h7-11,13,15-16,22H,4-6,12,14H2,1-3H3,(H,29,30). The van der Waals surface area contributed by atoms with Crippen molar-refractivity contribution >= 4 is 29.3 Å². The van der Waals surface area contributed by atoms with Gasteiger partial charge in [-0.3, -0.25) is 4.98 Å². The Morgan fingerprint density at radius 3 is 2.80 bits per heavy atom. The second-order valence-corrected chi connectivity index (χ2v) is 8.18. The van der Waals surface area contributed by atoms with Gasteiger partial charge in [-0.05, 0) is 50.1 Å². The van der Waals surface area contributed by atoms with Crippen molar-refractivity contribution in [2.45, 2.75) is 52.5 Å². The van der Waals surface area contributed by atoms with E-state index in [-0.39, 0.29) is 6.04 Å². The Bertz CT molecular complexity index is 1100. The molecule has 1 aliphatic heterocycles. The molecule has 1 aliphatic rings. The van der Waals surface area contributed by atoms with Crippen LogP contribution in [-0.4, -0.2) is 32.2 Å². The molecular weight excluding hydrogens is 374 g/mol. The summed E-state index contributed by atoms with van der Waals surface area (Å²) in [6.45, 7) is 6.76. The van der Waals surface area contributed by atoms with Crippen LogP contribution in [0.2, 0.25) is 0 Å². The molecule has 0 bridgehead atoms. The number of hydrogen-bond acceptors (Lipinski definition) is 2. The Morgan fingerprint density at radius 1 is 1.27 bits per heavy atom. The number of rotatable bonds is 5. The highest BCUT2D eigenvalue weighted by molar-refractivity contribution is 5.90. The normalized spacial score (nSPS) is 16.4. The van der Waals surface area contributed by atoms with Crippen molar-refractivity contribution in [1.82, 2.24) is 14.5 Å². The summed E-state index contributed by atoms with van der Waals surface area (Å²) in [5.74, 6) is 0. The number of carbonyl (C=O) groups is 1. The van der Waals surface area contributed by atoms with Gasteiger partial charge in [-0.25, -0.2) is 4.79 Å². The zero-order valence-electron chi connectivity index (χ0n) is 17.9. The van der Waals surface area contributed by atoms with Gasteiger partial charge < -0.3 is 14.6 Å². The zero-order valence-corrected chi connectivity index (χ0v) is 17.9. The van der Waals surface area contributed by atoms with E-state index in [1.165, 1.54) is 22.2 Å². The Kier molecular flexibility index (Phi) is 5.62. The van der Waals surface area contributed by atoms with Crippen LogP contribution < -0.4 is 0 Å². The average molecular weight is 404 g/mol. The van der Waals surface area contributed by atoms with Gasteiger partial charge in [-0.2, -0.15) is 0 Å². The molecule has 0 fully saturated rings. The first kappa shape index (κ1) is 20.2. The number of aryl methyl sites for hydroxylation is 2. The first-order valence-corrected chi connectivity index (χ1v) is 10.7. The molecule has 3 aromatic rings. The van der Waals surface area contributed by atoms with E-state index in [2.05, 4.69) is 59.9 Å². The maximum atomic E-state index is 12.0. The summed E-state index contributed by atoms with van der Waals surface area (Å²) in [5.41, 5.74) is 6.78. The lowest BCUT2D eigenvalue weighted by molar-refractivity contribution is 0.116. The summed E-state index contributed by atoms with van der Waals surface area (Å²) in [4.78, 5) is 18.0. The SMILES string of the molecule is CCCCC1c2c(n(C=Cc3ccc(C)nc3)c3ccc(C)cc23)CCN1C(=O)O. The van der Waals surface area contributed by atoms with Crippen LogP contribution in [0.5, 0.6) is 0 Å². The highest BCUT2D eigenvalue weighted by atomic mass is 16.4. The summed E-state index contributed by atoms with van der Waals surface area (Å²) < 4.78 is 2.25. The van der Waals surface area contributed by atoms with Crippen LogP contribution in [-0.2, 0) is 6.42 Å². The molecule has 2 aromatic heterocycles. The van der Waals surface area contributed by atoms with Crippen molar-refractivity contribution < 1.29 is 9.90 Å². The highest BCUT2D eigenvalue weighted by Gasteiger charge is 2.34. The molecule has 1 N–H and O–H groups in total. The summed E-state index contributed by atoms with van der Waals surface area (Å²) in [6.07, 6.45) is 8.88. The Balaban J connectivity index is 1.86. The molecule has 4 rings (SSSR count). The summed E-state index contributed by atoms with van der Waals surface area (Å²) >= 11 is 0. The van der Waals surface area contributed by atoms with Gasteiger partial charge in [0.05, 0.1) is 11.6 Å². The van der Waals surface area contributed by atoms with E-state index in [1.807, 2.05) is 19.2 Å². The van der Waals surface area contributed by atoms with Crippen LogP contribution in [0.15, 0.2) is 36.5 Å². The third-order valence-electron chi connectivity index (χ3n) is 6.03. The molecule has 0 saturated carbocycles. The van der Waals surface area contributed by atoms with E-state index in [4.69, 9.17) is 0 Å². The fourth-order valence-electron chi connectivity index (χ4n) is 4.51. The van der Waals surface area contributed by atoms with Crippen molar-refractivity contribution in [3.8, 4) is 0 Å². The van der Waals surface area contributed by atoms with Gasteiger partial charge in [-0.15, -0.1) is 0 Å². The molecule has 30 heavy (non-hydrogen) atoms. The number of benzene rings is 1. The number of aromatic nitrogens is 2. The summed E-state index contributed by atoms with van der Waals surface area (Å²) in [5, 5.41) is 11.0. The number of nitrogens with zero attached hydrogens (tertiary/aromatic N) is 3. The topological polar surface area (TPSA) is 58.4 Å². The highest BCUT2D eigenvalue weighted by Crippen LogP contribution is 2.41. The number of pyridine rings is 1. The van der Waals surface area contributed by atoms with E-state index in [0.717, 1.165) is 36.0 Å². The summed E-state index contributed by atoms with van der Waals surface area (Å²) in [6, 6.07) is 10.5. The predicted molar refractivity (Wildman–Crippen MR) is 122 cm³/mol. The van der Waals surface area contributed by atoms with Crippen molar-refractivity contribution in [3.63, 3.8) is 0 Å². The Hall–Kier alpha value is -3.08. The minimum absolute atomic E-state index is 0.0915. The largest absolute Gasteiger partial charge is 0.465 e. The number of carboxylic acid groups (broad SMARTS) is 1. The monoisotopic (exact) mass is 403 g/mol. The molecule has 1 unspecified atom stereocenters. The number of fused-ring (bicyclic) bond motifs is 3. The molecule has 0 radical (unpaired) electrons. The van der Waals surface area contributed by atoms with E-state index < -0.39 is 6.09 Å². The third kappa shape index (κ3) is 3.72. The van der Waals surface area contributed by atoms with Crippen LogP contribution in [0, 0.1) is 13.8 Å². The fourth-order valence-corrected chi connectivity index (χ4v) is 4.51. The third-order valence-corrected chi connectivity index (χ3v) is 6.03. The zero-order chi connectivity index (χ0) is 21.3. The van der Waals surface area contributed by atoms with Crippen molar-refractivity contribution in [1.29, 1.82) is 0 Å². The molecule has 5 nitrogen and oxygen atoms in total. The van der Waals surface area contributed by atoms with Crippen molar-refractivity contribution in [2.24, 2.45) is 0 Å². The number of unbranched alkanes of at least 4 members (excludes halogenated alkanes) is 1. The quantitative estimate of drug-likeness (QED) is 0.564. The predicted octanol–water partition coefficient (Wildman–Crippen LogP) is 6.05. The average Bonchev–Trinajstić information content (AvgIpc) is 3.04. The van der Waals surface area contributed by atoms with Crippen LogP contribution in [0.25, 0.3) is 23.2 Å². The second-order valence-electron chi connectivity index (χ2n) is 8.18. The van der Waals surface area contributed by atoms with Crippen LogP contribution in [0.4, 0.5) is 4.79 Å². The van der Waals surface area contributed by atoms with E-state index in [9.17, 15) is 9.90 Å². The lowest BCUT2D eigenvalue weighted by atomic mass is 9.92. The minimum Gasteiger partial charge on any atom is -0.465 e. The molecule has 0 spiro atoms. The molecule has 0 saturated heterocycles. The van der Waals surface area contributed by atoms with Gasteiger partial charge in [0.2, 0.25) is 0 Å². The minimum atomic E-state index is -0.823. The van der Waals surface area contributed by atoms with Crippen molar-refractivity contribution in [2.75, 3.05) is 6.54 Å². The van der Waals surface area contributed by atoms with Crippen molar-refractivity contribution in [3.05, 3.63) is 64.6 Å². The van der Waals surface area contributed by atoms with E-state index in [1.54, 1.807) is 4.90 Å². The molecular formula is C25H29N3O2. The van der Waals surface area contributed by atoms with Crippen LogP contribution >= 0.6 is 0 Å². The Labute approximate surface area is 177 Å². The first-order valence-electron chi connectivity index (χ1n) is 10.7. The Morgan fingerprint density at radius 2 is 2.10 bits per heavy atom. The molecule has 1 amide bonds. The lowest BCUT2D eigenvalue weighted by Gasteiger charge is -2.34. The van der Waals surface area contributed by atoms with Gasteiger partial charge in [0.1, 0.15) is 0 Å². The molecule has 5 heteroatoms. The van der Waals surface area contributed by atoms with Crippen LogP contribution in [0.1, 0.15) is 60.3 Å². The molecule has 1 atom stereocenters. The number of hydrogen-bond donors (Lipinski definition) is 1.